The van der Waals surface area contributed by atoms with Gasteiger partial charge in [-0.05, 0) is 23.8 Å². The number of alkyl halides is 1. The van der Waals surface area contributed by atoms with Crippen molar-refractivity contribution in [3.63, 3.8) is 0 Å². The maximum atomic E-state index is 12.0. The first kappa shape index (κ1) is 18.3. The lowest BCUT2D eigenvalue weighted by Gasteiger charge is -2.04. The van der Waals surface area contributed by atoms with Crippen molar-refractivity contribution < 1.29 is 9.59 Å². The fraction of sp³-hybridized carbons (Fsp3) is 0.167. The molecule has 0 atom stereocenters. The average Bonchev–Trinajstić information content (AvgIpc) is 3.07. The van der Waals surface area contributed by atoms with Crippen molar-refractivity contribution in [3.8, 4) is 0 Å². The number of nitrogens with one attached hydrogen (secondary N) is 3. The molecule has 0 fully saturated rings. The number of amides is 2. The summed E-state index contributed by atoms with van der Waals surface area (Å²) in [5.41, 5.74) is 3.25. The van der Waals surface area contributed by atoms with Crippen LogP contribution < -0.4 is 10.6 Å². The second-order valence-corrected chi connectivity index (χ2v) is 6.74. The summed E-state index contributed by atoms with van der Waals surface area (Å²) in [6.45, 7) is 0.504. The first-order valence-corrected chi connectivity index (χ1v) is 9.45. The predicted molar refractivity (Wildman–Crippen MR) is 104 cm³/mol. The molecule has 8 heteroatoms. The average molecular weight is 389 g/mol. The second kappa shape index (κ2) is 8.73. The number of anilines is 1. The van der Waals surface area contributed by atoms with E-state index in [1.807, 2.05) is 30.3 Å². The molecular weight excluding hydrogens is 372 g/mol. The van der Waals surface area contributed by atoms with Crippen LogP contribution in [0.25, 0.3) is 11.0 Å². The highest BCUT2D eigenvalue weighted by molar-refractivity contribution is 7.99. The molecule has 0 saturated carbocycles. The van der Waals surface area contributed by atoms with Gasteiger partial charge in [-0.15, -0.1) is 11.6 Å². The first-order valence-electron chi connectivity index (χ1n) is 7.93. The SMILES string of the molecule is O=C(CSc1nc2ccc(NC(=O)CCl)cc2[nH]1)NCc1ccccc1. The van der Waals surface area contributed by atoms with E-state index in [9.17, 15) is 9.59 Å². The van der Waals surface area contributed by atoms with E-state index >= 15 is 0 Å². The Kier molecular flexibility index (Phi) is 6.14. The Morgan fingerprint density at radius 3 is 2.69 bits per heavy atom. The number of nitrogens with zero attached hydrogens (tertiary/aromatic N) is 1. The molecule has 6 nitrogen and oxygen atoms in total. The molecule has 3 N–H and O–H groups in total. The minimum atomic E-state index is -0.268. The molecule has 2 amide bonds. The van der Waals surface area contributed by atoms with Crippen LogP contribution in [-0.4, -0.2) is 33.4 Å². The maximum Gasteiger partial charge on any atom is 0.239 e. The molecule has 0 bridgehead atoms. The standard InChI is InChI=1S/C18H17ClN4O2S/c19-9-16(24)21-13-6-7-14-15(8-13)23-18(22-14)26-11-17(25)20-10-12-4-2-1-3-5-12/h1-8H,9-11H2,(H,20,25)(H,21,24)(H,22,23). The summed E-state index contributed by atoms with van der Waals surface area (Å²) in [7, 11) is 0. The van der Waals surface area contributed by atoms with Gasteiger partial charge >= 0.3 is 0 Å². The molecule has 0 radical (unpaired) electrons. The molecule has 0 spiro atoms. The molecule has 2 aromatic carbocycles. The van der Waals surface area contributed by atoms with Crippen molar-refractivity contribution in [2.75, 3.05) is 16.9 Å². The number of benzene rings is 2. The van der Waals surface area contributed by atoms with Crippen LogP contribution >= 0.6 is 23.4 Å². The van der Waals surface area contributed by atoms with Crippen molar-refractivity contribution in [2.24, 2.45) is 0 Å². The topological polar surface area (TPSA) is 86.9 Å². The maximum absolute atomic E-state index is 12.0. The third kappa shape index (κ3) is 5.00. The molecule has 1 heterocycles. The molecule has 3 aromatic rings. The van der Waals surface area contributed by atoms with Crippen molar-refractivity contribution in [2.45, 2.75) is 11.7 Å². The van der Waals surface area contributed by atoms with Gasteiger partial charge in [-0.2, -0.15) is 0 Å². The van der Waals surface area contributed by atoms with Crippen molar-refractivity contribution in [1.82, 2.24) is 15.3 Å². The molecule has 0 saturated heterocycles. The summed E-state index contributed by atoms with van der Waals surface area (Å²) in [4.78, 5) is 30.9. The van der Waals surface area contributed by atoms with E-state index in [1.54, 1.807) is 18.2 Å². The van der Waals surface area contributed by atoms with Gasteiger partial charge in [-0.1, -0.05) is 42.1 Å². The zero-order valence-electron chi connectivity index (χ0n) is 13.8. The molecular formula is C18H17ClN4O2S. The number of rotatable bonds is 7. The minimum absolute atomic E-state index is 0.0608. The van der Waals surface area contributed by atoms with Gasteiger partial charge in [0.15, 0.2) is 5.16 Å². The second-order valence-electron chi connectivity index (χ2n) is 5.51. The van der Waals surface area contributed by atoms with Crippen LogP contribution in [0, 0.1) is 0 Å². The number of H-pyrrole nitrogens is 1. The summed E-state index contributed by atoms with van der Waals surface area (Å²) in [5.74, 6) is -0.160. The molecule has 0 unspecified atom stereocenters. The minimum Gasteiger partial charge on any atom is -0.351 e. The van der Waals surface area contributed by atoms with Crippen LogP contribution in [0.4, 0.5) is 5.69 Å². The van der Waals surface area contributed by atoms with E-state index in [0.717, 1.165) is 16.6 Å². The highest BCUT2D eigenvalue weighted by Crippen LogP contribution is 2.22. The molecule has 1 aromatic heterocycles. The Balaban J connectivity index is 1.55. The number of aromatic nitrogens is 2. The lowest BCUT2D eigenvalue weighted by Crippen LogP contribution is -2.24. The zero-order valence-corrected chi connectivity index (χ0v) is 15.4. The highest BCUT2D eigenvalue weighted by atomic mass is 35.5. The molecule has 0 aliphatic heterocycles. The predicted octanol–water partition coefficient (Wildman–Crippen LogP) is 3.15. The van der Waals surface area contributed by atoms with Gasteiger partial charge in [-0.3, -0.25) is 9.59 Å². The van der Waals surface area contributed by atoms with Gasteiger partial charge in [0.1, 0.15) is 5.88 Å². The Morgan fingerprint density at radius 1 is 1.12 bits per heavy atom. The van der Waals surface area contributed by atoms with Gasteiger partial charge < -0.3 is 15.6 Å². The number of carbonyl (C=O) groups excluding carboxylic acids is 2. The number of halogens is 1. The van der Waals surface area contributed by atoms with E-state index in [0.29, 0.717) is 17.4 Å². The number of aromatic amines is 1. The number of hydrogen-bond donors (Lipinski definition) is 3. The molecule has 0 aliphatic carbocycles. The highest BCUT2D eigenvalue weighted by Gasteiger charge is 2.08. The van der Waals surface area contributed by atoms with Gasteiger partial charge in [0.05, 0.1) is 16.8 Å². The van der Waals surface area contributed by atoms with Gasteiger partial charge in [0, 0.05) is 12.2 Å². The molecule has 26 heavy (non-hydrogen) atoms. The van der Waals surface area contributed by atoms with E-state index in [2.05, 4.69) is 20.6 Å². The van der Waals surface area contributed by atoms with Crippen molar-refractivity contribution >= 4 is 51.9 Å². The Labute approximate surface area is 159 Å². The number of carbonyl (C=O) groups is 2. The summed E-state index contributed by atoms with van der Waals surface area (Å²) in [5, 5.41) is 6.21. The fourth-order valence-corrected chi connectivity index (χ4v) is 3.09. The smallest absolute Gasteiger partial charge is 0.239 e. The molecule has 0 aliphatic rings. The van der Waals surface area contributed by atoms with Crippen LogP contribution in [0.15, 0.2) is 53.7 Å². The summed E-state index contributed by atoms with van der Waals surface area (Å²) in [6, 6.07) is 15.1. The van der Waals surface area contributed by atoms with E-state index < -0.39 is 0 Å². The number of imidazole rings is 1. The lowest BCUT2D eigenvalue weighted by molar-refractivity contribution is -0.118. The van der Waals surface area contributed by atoms with Crippen LogP contribution in [0.5, 0.6) is 0 Å². The lowest BCUT2D eigenvalue weighted by atomic mass is 10.2. The number of thioether (sulfide) groups is 1. The fourth-order valence-electron chi connectivity index (χ4n) is 2.31. The molecule has 3 rings (SSSR count). The number of fused-ring (bicyclic) bond motifs is 1. The number of hydrogen-bond acceptors (Lipinski definition) is 4. The van der Waals surface area contributed by atoms with Crippen LogP contribution in [0.1, 0.15) is 5.56 Å². The van der Waals surface area contributed by atoms with E-state index in [4.69, 9.17) is 11.6 Å². The summed E-state index contributed by atoms with van der Waals surface area (Å²) >= 11 is 6.81. The van der Waals surface area contributed by atoms with Crippen molar-refractivity contribution in [1.29, 1.82) is 0 Å². The summed E-state index contributed by atoms with van der Waals surface area (Å²) < 4.78 is 0. The monoisotopic (exact) mass is 388 g/mol. The molecule has 134 valence electrons. The normalized spacial score (nSPS) is 10.7. The van der Waals surface area contributed by atoms with Crippen molar-refractivity contribution in [3.05, 3.63) is 54.1 Å². The van der Waals surface area contributed by atoms with Crippen LogP contribution in [-0.2, 0) is 16.1 Å². The zero-order chi connectivity index (χ0) is 18.4. The third-order valence-electron chi connectivity index (χ3n) is 3.54. The quantitative estimate of drug-likeness (QED) is 0.428. The Bertz CT molecular complexity index is 914. The van der Waals surface area contributed by atoms with Crippen LogP contribution in [0.2, 0.25) is 0 Å². The first-order chi connectivity index (χ1) is 12.6. The van der Waals surface area contributed by atoms with Crippen LogP contribution in [0.3, 0.4) is 0 Å². The Morgan fingerprint density at radius 2 is 1.92 bits per heavy atom. The van der Waals surface area contributed by atoms with Gasteiger partial charge in [-0.25, -0.2) is 4.98 Å². The van der Waals surface area contributed by atoms with E-state index in [1.165, 1.54) is 11.8 Å². The summed E-state index contributed by atoms with van der Waals surface area (Å²) in [6.07, 6.45) is 0. The van der Waals surface area contributed by atoms with Gasteiger partial charge in [0.25, 0.3) is 0 Å². The van der Waals surface area contributed by atoms with E-state index in [-0.39, 0.29) is 23.4 Å². The largest absolute Gasteiger partial charge is 0.351 e. The Hall–Kier alpha value is -2.51. The van der Waals surface area contributed by atoms with Gasteiger partial charge in [0.2, 0.25) is 11.8 Å². The third-order valence-corrected chi connectivity index (χ3v) is 4.65.